The fraction of sp³-hybridized carbons (Fsp3) is 0.231. The minimum atomic E-state index is -0.250. The van der Waals surface area contributed by atoms with Crippen molar-refractivity contribution in [3.63, 3.8) is 0 Å². The van der Waals surface area contributed by atoms with E-state index >= 15 is 0 Å². The molecule has 0 aliphatic carbocycles. The van der Waals surface area contributed by atoms with Gasteiger partial charge < -0.3 is 9.84 Å². The van der Waals surface area contributed by atoms with Gasteiger partial charge >= 0.3 is 0 Å². The second-order valence-corrected chi connectivity index (χ2v) is 4.20. The van der Waals surface area contributed by atoms with Crippen molar-refractivity contribution >= 4 is 17.7 Å². The first kappa shape index (κ1) is 13.6. The number of benzene rings is 1. The first-order valence-corrected chi connectivity index (χ1v) is 6.33. The van der Waals surface area contributed by atoms with Gasteiger partial charge in [-0.1, -0.05) is 35.5 Å². The molecular weight excluding hydrogens is 266 g/mol. The minimum Gasteiger partial charge on any atom is -0.355 e. The van der Waals surface area contributed by atoms with Crippen LogP contribution in [0.3, 0.4) is 0 Å². The molecular formula is C13H14ClN3O2. The maximum absolute atomic E-state index is 11.8. The number of carbonyl (C=O) groups excluding carboxylic acids is 1. The van der Waals surface area contributed by atoms with Gasteiger partial charge in [-0.3, -0.25) is 4.79 Å². The standard InChI is InChI=1S/C13H14ClN3O2/c14-16-8-4-7-15-13(18)11-9-12(19-17-11)10-5-2-1-3-6-10/h1-3,5-6,9,16H,4,7-8H2,(H,15,18). The molecule has 0 unspecified atom stereocenters. The fourth-order valence-corrected chi connectivity index (χ4v) is 1.70. The monoisotopic (exact) mass is 279 g/mol. The van der Waals surface area contributed by atoms with Crippen molar-refractivity contribution in [2.75, 3.05) is 13.1 Å². The zero-order chi connectivity index (χ0) is 13.5. The Morgan fingerprint density at radius 3 is 2.79 bits per heavy atom. The summed E-state index contributed by atoms with van der Waals surface area (Å²) in [6.45, 7) is 1.17. The average Bonchev–Trinajstić information content (AvgIpc) is 2.94. The number of aromatic nitrogens is 1. The summed E-state index contributed by atoms with van der Waals surface area (Å²) in [5.74, 6) is 0.327. The van der Waals surface area contributed by atoms with Crippen molar-refractivity contribution in [1.29, 1.82) is 0 Å². The summed E-state index contributed by atoms with van der Waals surface area (Å²) < 4.78 is 5.16. The van der Waals surface area contributed by atoms with E-state index in [0.29, 0.717) is 18.8 Å². The highest BCUT2D eigenvalue weighted by atomic mass is 35.5. The molecule has 0 atom stereocenters. The van der Waals surface area contributed by atoms with Crippen molar-refractivity contribution in [2.24, 2.45) is 0 Å². The van der Waals surface area contributed by atoms with Gasteiger partial charge in [0.2, 0.25) is 0 Å². The van der Waals surface area contributed by atoms with E-state index < -0.39 is 0 Å². The van der Waals surface area contributed by atoms with Crippen molar-refractivity contribution in [2.45, 2.75) is 6.42 Å². The highest BCUT2D eigenvalue weighted by molar-refractivity contribution is 6.13. The third-order valence-electron chi connectivity index (χ3n) is 2.53. The van der Waals surface area contributed by atoms with E-state index in [1.165, 1.54) is 0 Å². The molecule has 0 aliphatic heterocycles. The Morgan fingerprint density at radius 1 is 1.26 bits per heavy atom. The lowest BCUT2D eigenvalue weighted by molar-refractivity contribution is 0.0944. The summed E-state index contributed by atoms with van der Waals surface area (Å²) in [4.78, 5) is 14.3. The molecule has 2 N–H and O–H groups in total. The molecule has 1 heterocycles. The van der Waals surface area contributed by atoms with E-state index in [2.05, 4.69) is 15.3 Å². The van der Waals surface area contributed by atoms with E-state index in [4.69, 9.17) is 16.3 Å². The molecule has 0 radical (unpaired) electrons. The Kier molecular flexibility index (Phi) is 4.94. The molecule has 0 aliphatic rings. The lowest BCUT2D eigenvalue weighted by atomic mass is 10.1. The Hall–Kier alpha value is -1.85. The summed E-state index contributed by atoms with van der Waals surface area (Å²) in [5, 5.41) is 6.50. The normalized spacial score (nSPS) is 10.4. The van der Waals surface area contributed by atoms with Gasteiger partial charge in [-0.05, 0) is 18.2 Å². The second-order valence-electron chi connectivity index (χ2n) is 3.94. The quantitative estimate of drug-likeness (QED) is 0.628. The summed E-state index contributed by atoms with van der Waals surface area (Å²) in [7, 11) is 0. The fourth-order valence-electron chi connectivity index (χ4n) is 1.57. The Balaban J connectivity index is 1.95. The van der Waals surface area contributed by atoms with Gasteiger partial charge in [-0.15, -0.1) is 0 Å². The molecule has 6 heteroatoms. The second kappa shape index (κ2) is 6.92. The highest BCUT2D eigenvalue weighted by Gasteiger charge is 2.12. The van der Waals surface area contributed by atoms with Crippen LogP contribution in [-0.4, -0.2) is 24.2 Å². The Morgan fingerprint density at radius 2 is 2.05 bits per heavy atom. The van der Waals surface area contributed by atoms with Crippen LogP contribution in [0, 0.1) is 0 Å². The van der Waals surface area contributed by atoms with Gasteiger partial charge in [-0.2, -0.15) is 0 Å². The van der Waals surface area contributed by atoms with Crippen LogP contribution < -0.4 is 10.2 Å². The van der Waals surface area contributed by atoms with Crippen molar-refractivity contribution < 1.29 is 9.32 Å². The number of halogens is 1. The summed E-state index contributed by atoms with van der Waals surface area (Å²) in [6.07, 6.45) is 0.749. The molecule has 0 saturated heterocycles. The Bertz CT molecular complexity index is 528. The average molecular weight is 280 g/mol. The minimum absolute atomic E-state index is 0.250. The van der Waals surface area contributed by atoms with Gasteiger partial charge in [0.25, 0.3) is 5.91 Å². The van der Waals surface area contributed by atoms with Crippen molar-refractivity contribution in [3.8, 4) is 11.3 Å². The number of amides is 1. The van der Waals surface area contributed by atoms with Crippen LogP contribution in [0.1, 0.15) is 16.9 Å². The predicted octanol–water partition coefficient (Wildman–Crippen LogP) is 2.20. The van der Waals surface area contributed by atoms with Crippen molar-refractivity contribution in [3.05, 3.63) is 42.1 Å². The summed E-state index contributed by atoms with van der Waals surface area (Å²) in [5.41, 5.74) is 1.16. The first-order valence-electron chi connectivity index (χ1n) is 5.95. The van der Waals surface area contributed by atoms with Gasteiger partial charge in [0.15, 0.2) is 11.5 Å². The van der Waals surface area contributed by atoms with Gasteiger partial charge in [0.1, 0.15) is 0 Å². The molecule has 2 rings (SSSR count). The lowest BCUT2D eigenvalue weighted by Gasteiger charge is -2.00. The van der Waals surface area contributed by atoms with Crippen LogP contribution >= 0.6 is 11.8 Å². The molecule has 19 heavy (non-hydrogen) atoms. The number of nitrogens with one attached hydrogen (secondary N) is 2. The molecule has 100 valence electrons. The number of rotatable bonds is 6. The van der Waals surface area contributed by atoms with Crippen molar-refractivity contribution in [1.82, 2.24) is 15.3 Å². The summed E-state index contributed by atoms with van der Waals surface area (Å²) >= 11 is 5.31. The molecule has 1 aromatic carbocycles. The smallest absolute Gasteiger partial charge is 0.273 e. The zero-order valence-corrected chi connectivity index (χ0v) is 11.0. The van der Waals surface area contributed by atoms with Gasteiger partial charge in [0, 0.05) is 24.7 Å². The molecule has 0 fully saturated rings. The summed E-state index contributed by atoms with van der Waals surface area (Å²) in [6, 6.07) is 11.1. The van der Waals surface area contributed by atoms with Crippen LogP contribution in [-0.2, 0) is 0 Å². The molecule has 0 bridgehead atoms. The molecule has 1 amide bonds. The topological polar surface area (TPSA) is 67.2 Å². The molecule has 0 saturated carbocycles. The largest absolute Gasteiger partial charge is 0.355 e. The molecule has 0 spiro atoms. The maximum atomic E-state index is 11.8. The number of carbonyl (C=O) groups is 1. The predicted molar refractivity (Wildman–Crippen MR) is 72.7 cm³/mol. The van der Waals surface area contributed by atoms with Gasteiger partial charge in [-0.25, -0.2) is 4.84 Å². The van der Waals surface area contributed by atoms with Crippen LogP contribution in [0.25, 0.3) is 11.3 Å². The van der Waals surface area contributed by atoms with Crippen LogP contribution in [0.15, 0.2) is 40.9 Å². The number of hydrogen-bond donors (Lipinski definition) is 2. The number of nitrogens with zero attached hydrogens (tertiary/aromatic N) is 1. The molecule has 2 aromatic rings. The SMILES string of the molecule is O=C(NCCCNCl)c1cc(-c2ccccc2)on1. The first-order chi connectivity index (χ1) is 9.31. The number of hydrogen-bond acceptors (Lipinski definition) is 4. The van der Waals surface area contributed by atoms with E-state index in [-0.39, 0.29) is 11.6 Å². The lowest BCUT2D eigenvalue weighted by Crippen LogP contribution is -2.26. The van der Waals surface area contributed by atoms with E-state index in [0.717, 1.165) is 12.0 Å². The maximum Gasteiger partial charge on any atom is 0.273 e. The molecule has 1 aromatic heterocycles. The van der Waals surface area contributed by atoms with E-state index in [1.54, 1.807) is 6.07 Å². The van der Waals surface area contributed by atoms with Crippen LogP contribution in [0.4, 0.5) is 0 Å². The molecule has 5 nitrogen and oxygen atoms in total. The third-order valence-corrected chi connectivity index (χ3v) is 2.72. The van der Waals surface area contributed by atoms with E-state index in [9.17, 15) is 4.79 Å². The highest BCUT2D eigenvalue weighted by Crippen LogP contribution is 2.19. The Labute approximate surface area is 116 Å². The van der Waals surface area contributed by atoms with Crippen LogP contribution in [0.5, 0.6) is 0 Å². The zero-order valence-electron chi connectivity index (χ0n) is 10.2. The van der Waals surface area contributed by atoms with Crippen LogP contribution in [0.2, 0.25) is 0 Å². The van der Waals surface area contributed by atoms with Gasteiger partial charge in [0.05, 0.1) is 0 Å². The van der Waals surface area contributed by atoms with E-state index in [1.807, 2.05) is 30.3 Å². The third kappa shape index (κ3) is 3.81.